The van der Waals surface area contributed by atoms with Gasteiger partial charge in [-0.25, -0.2) is 9.37 Å². The van der Waals surface area contributed by atoms with Crippen molar-refractivity contribution in [3.63, 3.8) is 0 Å². The van der Waals surface area contributed by atoms with E-state index >= 15 is 0 Å². The largest absolute Gasteiger partial charge is 0.321 e. The Kier molecular flexibility index (Phi) is 4.72. The Morgan fingerprint density at radius 3 is 2.44 bits per heavy atom. The average molecular weight is 354 g/mol. The molecule has 2 aromatic carbocycles. The van der Waals surface area contributed by atoms with Crippen molar-refractivity contribution in [1.82, 2.24) is 4.98 Å². The van der Waals surface area contributed by atoms with Crippen LogP contribution in [-0.4, -0.2) is 16.7 Å². The van der Waals surface area contributed by atoms with E-state index in [9.17, 15) is 14.0 Å². The van der Waals surface area contributed by atoms with Crippen LogP contribution in [-0.2, 0) is 0 Å². The molecule has 0 atom stereocenters. The van der Waals surface area contributed by atoms with Gasteiger partial charge in [-0.1, -0.05) is 12.1 Å². The minimum Gasteiger partial charge on any atom is -0.321 e. The van der Waals surface area contributed by atoms with Gasteiger partial charge in [0, 0.05) is 11.1 Å². The maximum Gasteiger partial charge on any atom is 0.267 e. The maximum absolute atomic E-state index is 13.1. The van der Waals surface area contributed by atoms with Crippen LogP contribution in [0.1, 0.15) is 32.6 Å². The molecule has 0 spiro atoms. The van der Waals surface area contributed by atoms with Crippen molar-refractivity contribution in [2.45, 2.75) is 13.8 Å². The summed E-state index contributed by atoms with van der Waals surface area (Å²) in [4.78, 5) is 29.1. The van der Waals surface area contributed by atoms with Gasteiger partial charge in [-0.05, 0) is 50.2 Å². The molecule has 0 aliphatic rings. The number of carbonyl (C=O) groups excluding carboxylic acids is 2. The van der Waals surface area contributed by atoms with E-state index in [1.54, 1.807) is 43.3 Å². The standard InChI is InChI=1S/C19H15FN2O2S/c1-11-17(25-19(21-11)13-7-9-14(20)10-8-13)18(24)22-16-6-4-3-5-15(16)12(2)23/h3-10H,1-2H3,(H,22,24). The maximum atomic E-state index is 13.1. The van der Waals surface area contributed by atoms with Crippen molar-refractivity contribution in [3.8, 4) is 10.6 Å². The quantitative estimate of drug-likeness (QED) is 0.690. The van der Waals surface area contributed by atoms with Gasteiger partial charge in [0.1, 0.15) is 15.7 Å². The molecule has 1 aromatic heterocycles. The van der Waals surface area contributed by atoms with Crippen LogP contribution < -0.4 is 5.32 Å². The molecular weight excluding hydrogens is 339 g/mol. The first-order chi connectivity index (χ1) is 12.0. The van der Waals surface area contributed by atoms with Crippen LogP contribution in [0.3, 0.4) is 0 Å². The SMILES string of the molecule is CC(=O)c1ccccc1NC(=O)c1sc(-c2ccc(F)cc2)nc1C. The number of nitrogens with zero attached hydrogens (tertiary/aromatic N) is 1. The minimum atomic E-state index is -0.323. The lowest BCUT2D eigenvalue weighted by Crippen LogP contribution is -2.14. The van der Waals surface area contributed by atoms with Gasteiger partial charge in [0.15, 0.2) is 5.78 Å². The van der Waals surface area contributed by atoms with E-state index in [2.05, 4.69) is 10.3 Å². The normalized spacial score (nSPS) is 10.5. The summed E-state index contributed by atoms with van der Waals surface area (Å²) in [5.74, 6) is -0.767. The summed E-state index contributed by atoms with van der Waals surface area (Å²) in [5, 5.41) is 3.41. The molecule has 0 saturated heterocycles. The Balaban J connectivity index is 1.89. The number of rotatable bonds is 4. The van der Waals surface area contributed by atoms with E-state index < -0.39 is 0 Å². The molecule has 3 aromatic rings. The van der Waals surface area contributed by atoms with E-state index in [0.29, 0.717) is 26.8 Å². The summed E-state index contributed by atoms with van der Waals surface area (Å²) in [7, 11) is 0. The second-order valence-corrected chi connectivity index (χ2v) is 6.50. The van der Waals surface area contributed by atoms with Crippen LogP contribution in [0.4, 0.5) is 10.1 Å². The third-order valence-electron chi connectivity index (χ3n) is 3.65. The van der Waals surface area contributed by atoms with Gasteiger partial charge < -0.3 is 5.32 Å². The Bertz CT molecular complexity index is 948. The van der Waals surface area contributed by atoms with Crippen molar-refractivity contribution in [3.05, 3.63) is 70.5 Å². The predicted molar refractivity (Wildman–Crippen MR) is 96.6 cm³/mol. The molecule has 0 saturated carbocycles. The minimum absolute atomic E-state index is 0.121. The summed E-state index contributed by atoms with van der Waals surface area (Å²) in [6.07, 6.45) is 0. The van der Waals surface area contributed by atoms with Gasteiger partial charge in [-0.3, -0.25) is 9.59 Å². The third kappa shape index (κ3) is 3.64. The number of hydrogen-bond acceptors (Lipinski definition) is 4. The molecule has 1 N–H and O–H groups in total. The molecule has 1 amide bonds. The zero-order valence-electron chi connectivity index (χ0n) is 13.7. The lowest BCUT2D eigenvalue weighted by Gasteiger charge is -2.08. The van der Waals surface area contributed by atoms with Crippen molar-refractivity contribution in [2.24, 2.45) is 0 Å². The number of Topliss-reactive ketones (excluding diaryl/α,β-unsaturated/α-hetero) is 1. The van der Waals surface area contributed by atoms with Crippen LogP contribution in [0.2, 0.25) is 0 Å². The molecule has 1 heterocycles. The molecule has 0 radical (unpaired) electrons. The highest BCUT2D eigenvalue weighted by Crippen LogP contribution is 2.29. The average Bonchev–Trinajstić information content (AvgIpc) is 2.97. The van der Waals surface area contributed by atoms with Crippen LogP contribution >= 0.6 is 11.3 Å². The molecule has 0 unspecified atom stereocenters. The number of aromatic nitrogens is 1. The highest BCUT2D eigenvalue weighted by molar-refractivity contribution is 7.17. The molecule has 0 bridgehead atoms. The number of anilines is 1. The molecule has 25 heavy (non-hydrogen) atoms. The predicted octanol–water partition coefficient (Wildman–Crippen LogP) is 4.71. The second-order valence-electron chi connectivity index (χ2n) is 5.50. The summed E-state index contributed by atoms with van der Waals surface area (Å²) in [6.45, 7) is 3.20. The van der Waals surface area contributed by atoms with Crippen LogP contribution in [0.5, 0.6) is 0 Å². The number of nitrogens with one attached hydrogen (secondary N) is 1. The Hall–Kier alpha value is -2.86. The fraction of sp³-hybridized carbons (Fsp3) is 0.105. The van der Waals surface area contributed by atoms with Crippen molar-refractivity contribution in [1.29, 1.82) is 0 Å². The number of hydrogen-bond donors (Lipinski definition) is 1. The molecule has 0 fully saturated rings. The lowest BCUT2D eigenvalue weighted by molar-refractivity contribution is 0.101. The second kappa shape index (κ2) is 6.94. The summed E-state index contributed by atoms with van der Waals surface area (Å²) in [5.41, 5.74) is 2.26. The number of benzene rings is 2. The van der Waals surface area contributed by atoms with E-state index in [-0.39, 0.29) is 17.5 Å². The van der Waals surface area contributed by atoms with Gasteiger partial charge >= 0.3 is 0 Å². The van der Waals surface area contributed by atoms with Gasteiger partial charge in [0.2, 0.25) is 0 Å². The van der Waals surface area contributed by atoms with Crippen molar-refractivity contribution >= 4 is 28.7 Å². The van der Waals surface area contributed by atoms with Gasteiger partial charge in [0.05, 0.1) is 11.4 Å². The summed E-state index contributed by atoms with van der Waals surface area (Å²) >= 11 is 1.23. The first kappa shape index (κ1) is 17.0. The zero-order chi connectivity index (χ0) is 18.0. The van der Waals surface area contributed by atoms with Gasteiger partial charge in [0.25, 0.3) is 5.91 Å². The molecule has 3 rings (SSSR count). The zero-order valence-corrected chi connectivity index (χ0v) is 14.5. The molecule has 6 heteroatoms. The molecule has 126 valence electrons. The third-order valence-corrected chi connectivity index (χ3v) is 4.85. The van der Waals surface area contributed by atoms with Gasteiger partial charge in [-0.15, -0.1) is 11.3 Å². The van der Waals surface area contributed by atoms with E-state index in [0.717, 1.165) is 5.56 Å². The highest BCUT2D eigenvalue weighted by atomic mass is 32.1. The van der Waals surface area contributed by atoms with Crippen molar-refractivity contribution < 1.29 is 14.0 Å². The topological polar surface area (TPSA) is 59.1 Å². The Morgan fingerprint density at radius 2 is 1.76 bits per heavy atom. The number of thiazole rings is 1. The van der Waals surface area contributed by atoms with Crippen LogP contribution in [0, 0.1) is 12.7 Å². The fourth-order valence-corrected chi connectivity index (χ4v) is 3.37. The number of halogens is 1. The monoisotopic (exact) mass is 354 g/mol. The molecule has 4 nitrogen and oxygen atoms in total. The Morgan fingerprint density at radius 1 is 1.08 bits per heavy atom. The summed E-state index contributed by atoms with van der Waals surface area (Å²) < 4.78 is 13.1. The van der Waals surface area contributed by atoms with Crippen LogP contribution in [0.15, 0.2) is 48.5 Å². The fourth-order valence-electron chi connectivity index (χ4n) is 2.40. The molecule has 0 aliphatic heterocycles. The number of amides is 1. The molecule has 0 aliphatic carbocycles. The molecular formula is C19H15FN2O2S. The lowest BCUT2D eigenvalue weighted by atomic mass is 10.1. The van der Waals surface area contributed by atoms with E-state index in [1.165, 1.54) is 30.4 Å². The number of para-hydroxylation sites is 1. The highest BCUT2D eigenvalue weighted by Gasteiger charge is 2.18. The summed E-state index contributed by atoms with van der Waals surface area (Å²) in [6, 6.07) is 12.8. The van der Waals surface area contributed by atoms with Crippen molar-refractivity contribution in [2.75, 3.05) is 5.32 Å². The van der Waals surface area contributed by atoms with E-state index in [1.807, 2.05) is 0 Å². The van der Waals surface area contributed by atoms with Crippen LogP contribution in [0.25, 0.3) is 10.6 Å². The first-order valence-electron chi connectivity index (χ1n) is 7.60. The first-order valence-corrected chi connectivity index (χ1v) is 8.42. The van der Waals surface area contributed by atoms with E-state index in [4.69, 9.17) is 0 Å². The smallest absolute Gasteiger partial charge is 0.267 e. The van der Waals surface area contributed by atoms with Gasteiger partial charge in [-0.2, -0.15) is 0 Å². The number of ketones is 1. The number of aryl methyl sites for hydroxylation is 1. The number of carbonyl (C=O) groups is 2. The Labute approximate surface area is 148 Å².